The van der Waals surface area contributed by atoms with Crippen molar-refractivity contribution >= 4 is 34.8 Å². The summed E-state index contributed by atoms with van der Waals surface area (Å²) in [5.74, 6) is 3.13. The third kappa shape index (κ3) is 9.33. The van der Waals surface area contributed by atoms with Gasteiger partial charge < -0.3 is 45.0 Å². The van der Waals surface area contributed by atoms with Crippen molar-refractivity contribution < 1.29 is 24.6 Å². The summed E-state index contributed by atoms with van der Waals surface area (Å²) >= 11 is 0. The molecular formula is C52H63N11O5. The maximum Gasteiger partial charge on any atom is 0.320 e. The second kappa shape index (κ2) is 19.2. The van der Waals surface area contributed by atoms with E-state index in [2.05, 4.69) is 43.1 Å². The fourth-order valence-electron chi connectivity index (χ4n) is 11.1. The van der Waals surface area contributed by atoms with Crippen LogP contribution in [0.1, 0.15) is 99.7 Å². The number of piperidine rings is 2. The molecule has 0 saturated carbocycles. The van der Waals surface area contributed by atoms with Crippen LogP contribution in [0.2, 0.25) is 0 Å². The molecule has 0 bridgehead atoms. The second-order valence-electron chi connectivity index (χ2n) is 20.1. The topological polar surface area (TPSA) is 187 Å². The van der Waals surface area contributed by atoms with Crippen LogP contribution in [0.3, 0.4) is 0 Å². The Kier molecular flexibility index (Phi) is 13.1. The van der Waals surface area contributed by atoms with Gasteiger partial charge in [-0.25, -0.2) is 14.8 Å². The highest BCUT2D eigenvalue weighted by Gasteiger charge is 2.47. The van der Waals surface area contributed by atoms with Crippen molar-refractivity contribution in [1.29, 1.82) is 0 Å². The van der Waals surface area contributed by atoms with Crippen LogP contribution in [-0.4, -0.2) is 143 Å². The van der Waals surface area contributed by atoms with E-state index in [0.717, 1.165) is 90.7 Å². The number of anilines is 1. The van der Waals surface area contributed by atoms with E-state index in [-0.39, 0.29) is 49.1 Å². The van der Waals surface area contributed by atoms with Crippen LogP contribution in [0, 0.1) is 17.8 Å². The van der Waals surface area contributed by atoms with Gasteiger partial charge in [-0.15, -0.1) is 16.6 Å². The highest BCUT2D eigenvalue weighted by Crippen LogP contribution is 2.39. The normalized spacial score (nSPS) is 21.1. The largest absolute Gasteiger partial charge is 0.507 e. The van der Waals surface area contributed by atoms with Gasteiger partial charge >= 0.3 is 6.03 Å². The molecule has 16 heteroatoms. The predicted molar refractivity (Wildman–Crippen MR) is 259 cm³/mol. The number of aliphatic hydroxyl groups is 1. The number of amides is 4. The maximum absolute atomic E-state index is 14.4. The van der Waals surface area contributed by atoms with Crippen molar-refractivity contribution in [2.24, 2.45) is 5.41 Å². The molecule has 3 saturated heterocycles. The molecule has 9 rings (SSSR count). The number of urea groups is 1. The average molecular weight is 922 g/mol. The van der Waals surface area contributed by atoms with Gasteiger partial charge in [-0.2, -0.15) is 0 Å². The molecule has 2 aromatic carbocycles. The molecule has 4 atom stereocenters. The molecule has 356 valence electrons. The zero-order valence-electron chi connectivity index (χ0n) is 39.7. The monoisotopic (exact) mass is 922 g/mol. The molecular weight excluding hydrogens is 859 g/mol. The number of nitrogens with one attached hydrogen (secondary N) is 2. The number of hydrogen-bond donors (Lipinski definition) is 4. The highest BCUT2D eigenvalue weighted by molar-refractivity contribution is 5.93. The molecule has 7 heterocycles. The Balaban J connectivity index is 0.771. The summed E-state index contributed by atoms with van der Waals surface area (Å²) in [5, 5.41) is 34.0. The van der Waals surface area contributed by atoms with E-state index in [1.54, 1.807) is 24.1 Å². The Labute approximate surface area is 398 Å². The van der Waals surface area contributed by atoms with Gasteiger partial charge in [0.2, 0.25) is 17.8 Å². The number of nitrogens with zero attached hydrogens (tertiary/aromatic N) is 9. The minimum atomic E-state index is -0.855. The van der Waals surface area contributed by atoms with Gasteiger partial charge in [-0.3, -0.25) is 9.59 Å². The number of aromatic nitrogens is 5. The lowest BCUT2D eigenvalue weighted by Gasteiger charge is -2.45. The lowest BCUT2D eigenvalue weighted by atomic mass is 9.84. The van der Waals surface area contributed by atoms with Gasteiger partial charge in [0.05, 0.1) is 17.8 Å². The Morgan fingerprint density at radius 3 is 2.35 bits per heavy atom. The molecule has 0 radical (unpaired) electrons. The van der Waals surface area contributed by atoms with Gasteiger partial charge in [-0.1, -0.05) is 51.0 Å². The first-order chi connectivity index (χ1) is 32.7. The Morgan fingerprint density at radius 2 is 1.68 bits per heavy atom. The summed E-state index contributed by atoms with van der Waals surface area (Å²) in [6.45, 7) is 12.1. The SMILES string of the molecule is C#Cc1ccc(CNC(=O)[C@@H]2C[C@@H](O)CN2C(=O)[C@@H](N(C)C(=O)N2CCC(N3CCC(c4cnc(N5CCc6[nH]c7nnc(-c8ccccc8O)cc7c6[C@H]5C)nc4)CC3)CC2)C(C)(C)C)cc1. The molecule has 4 N–H and O–H groups in total. The number of fused-ring (bicyclic) bond motifs is 3. The van der Waals surface area contributed by atoms with E-state index in [1.807, 2.05) is 80.5 Å². The summed E-state index contributed by atoms with van der Waals surface area (Å²) in [5.41, 5.74) is 6.41. The number of likely N-dealkylation sites (tertiary alicyclic amines) is 3. The zero-order valence-corrected chi connectivity index (χ0v) is 39.7. The Bertz CT molecular complexity index is 2680. The summed E-state index contributed by atoms with van der Waals surface area (Å²) in [6, 6.07) is 15.0. The molecule has 3 aromatic heterocycles. The van der Waals surface area contributed by atoms with Crippen molar-refractivity contribution in [2.45, 2.75) is 109 Å². The van der Waals surface area contributed by atoms with Crippen molar-refractivity contribution in [3.63, 3.8) is 0 Å². The summed E-state index contributed by atoms with van der Waals surface area (Å²) in [4.78, 5) is 65.1. The molecule has 5 aromatic rings. The number of likely N-dealkylation sites (N-methyl/N-ethyl adjacent to an activating group) is 1. The van der Waals surface area contributed by atoms with E-state index >= 15 is 0 Å². The Morgan fingerprint density at radius 1 is 0.971 bits per heavy atom. The first-order valence-electron chi connectivity index (χ1n) is 24.0. The average Bonchev–Trinajstić information content (AvgIpc) is 3.94. The van der Waals surface area contributed by atoms with E-state index < -0.39 is 23.6 Å². The summed E-state index contributed by atoms with van der Waals surface area (Å²) < 4.78 is 0. The number of carbonyl (C=O) groups is 3. The maximum atomic E-state index is 14.4. The van der Waals surface area contributed by atoms with Gasteiger partial charge in [0.15, 0.2) is 5.65 Å². The fraction of sp³-hybridized carbons (Fsp3) is 0.481. The summed E-state index contributed by atoms with van der Waals surface area (Å²) in [6.07, 6.45) is 13.3. The van der Waals surface area contributed by atoms with Crippen LogP contribution in [0.5, 0.6) is 5.75 Å². The molecule has 4 aliphatic heterocycles. The van der Waals surface area contributed by atoms with E-state index in [0.29, 0.717) is 42.3 Å². The molecule has 3 fully saturated rings. The number of phenolic OH excluding ortho intramolecular Hbond substituents is 1. The van der Waals surface area contributed by atoms with E-state index in [4.69, 9.17) is 16.4 Å². The third-order valence-corrected chi connectivity index (χ3v) is 14.7. The lowest BCUT2D eigenvalue weighted by Crippen LogP contribution is -2.60. The second-order valence-corrected chi connectivity index (χ2v) is 20.1. The standard InChI is InChI=1S/C52H63N11O5/c1-7-33-12-14-34(15-13-33)28-53-48(66)43-26-38(64)31-63(43)49(67)46(52(3,4)5)59(6)51(68)61-23-18-37(19-24-61)60-21-16-35(17-22-60)36-29-54-50(55-30-36)62-25-20-41-45(32(62)2)40-27-42(57-58-47(40)56-41)39-10-8-9-11-44(39)65/h1,8-15,27,29-30,32,35,37-38,43,46,64-65H,16-26,28,31H2,2-6H3,(H,53,66)(H,56,58)/t32-,38-,43+,46-/m1/s1. The number of rotatable bonds is 9. The number of aliphatic hydroxyl groups excluding tert-OH is 1. The number of hydrogen-bond acceptors (Lipinski definition) is 11. The molecule has 68 heavy (non-hydrogen) atoms. The van der Waals surface area contributed by atoms with Crippen LogP contribution >= 0.6 is 0 Å². The van der Waals surface area contributed by atoms with Crippen LogP contribution in [0.15, 0.2) is 67.0 Å². The van der Waals surface area contributed by atoms with Gasteiger partial charge in [0.25, 0.3) is 0 Å². The van der Waals surface area contributed by atoms with Gasteiger partial charge in [0.1, 0.15) is 17.8 Å². The first kappa shape index (κ1) is 46.5. The van der Waals surface area contributed by atoms with Crippen molar-refractivity contribution in [3.8, 4) is 29.4 Å². The summed E-state index contributed by atoms with van der Waals surface area (Å²) in [7, 11) is 1.68. The molecule has 0 spiro atoms. The number of terminal acetylenes is 1. The zero-order chi connectivity index (χ0) is 47.9. The molecule has 0 aliphatic carbocycles. The number of β-amino-alcohol motifs (C(OH)–C–C–N with tert-alkyl or cyclic N) is 1. The minimum absolute atomic E-state index is 0.000845. The predicted octanol–water partition coefficient (Wildman–Crippen LogP) is 5.61. The molecule has 4 aliphatic rings. The van der Waals surface area contributed by atoms with Crippen molar-refractivity contribution in [2.75, 3.05) is 51.2 Å². The number of phenols is 1. The number of carbonyl (C=O) groups excluding carboxylic acids is 3. The quantitative estimate of drug-likeness (QED) is 0.135. The minimum Gasteiger partial charge on any atom is -0.507 e. The van der Waals surface area contributed by atoms with Crippen LogP contribution in [0.25, 0.3) is 22.3 Å². The fourth-order valence-corrected chi connectivity index (χ4v) is 11.1. The van der Waals surface area contributed by atoms with Crippen molar-refractivity contribution in [3.05, 3.63) is 94.9 Å². The smallest absolute Gasteiger partial charge is 0.320 e. The van der Waals surface area contributed by atoms with Crippen LogP contribution in [0.4, 0.5) is 10.7 Å². The third-order valence-electron chi connectivity index (χ3n) is 14.7. The number of aromatic amines is 1. The van der Waals surface area contributed by atoms with Gasteiger partial charge in [-0.05, 0) is 98.5 Å². The van der Waals surface area contributed by atoms with Crippen LogP contribution < -0.4 is 10.2 Å². The Hall–Kier alpha value is -6.57. The van der Waals surface area contributed by atoms with E-state index in [9.17, 15) is 24.6 Å². The van der Waals surface area contributed by atoms with Crippen molar-refractivity contribution in [1.82, 2.24) is 50.1 Å². The van der Waals surface area contributed by atoms with Gasteiger partial charge in [0, 0.05) is 98.8 Å². The molecule has 4 amide bonds. The highest BCUT2D eigenvalue weighted by atomic mass is 16.3. The molecule has 16 nitrogen and oxygen atoms in total. The number of para-hydroxylation sites is 1. The number of H-pyrrole nitrogens is 1. The lowest BCUT2D eigenvalue weighted by molar-refractivity contribution is -0.144. The number of benzene rings is 2. The first-order valence-corrected chi connectivity index (χ1v) is 24.0. The van der Waals surface area contributed by atoms with Crippen LogP contribution in [-0.2, 0) is 22.6 Å². The molecule has 0 unspecified atom stereocenters. The number of aromatic hydroxyl groups is 1. The van der Waals surface area contributed by atoms with E-state index in [1.165, 1.54) is 4.90 Å².